The number of halogens is 2. The Labute approximate surface area is 67.4 Å². The molecule has 62 valence electrons. The van der Waals surface area contributed by atoms with Crippen LogP contribution < -0.4 is 5.73 Å². The van der Waals surface area contributed by atoms with Crippen molar-refractivity contribution in [3.05, 3.63) is 23.4 Å². The van der Waals surface area contributed by atoms with Gasteiger partial charge in [0, 0.05) is 5.56 Å². The van der Waals surface area contributed by atoms with Crippen LogP contribution in [0, 0.1) is 11.3 Å². The van der Waals surface area contributed by atoms with Gasteiger partial charge in [-0.3, -0.25) is 0 Å². The summed E-state index contributed by atoms with van der Waals surface area (Å²) in [5.74, 6) is -0.0654. The SMILES string of the molecule is N#Cc1cc(C(F)F)cc(N)n1. The van der Waals surface area contributed by atoms with Crippen LogP contribution in [0.1, 0.15) is 17.7 Å². The second-order valence-electron chi connectivity index (χ2n) is 2.12. The van der Waals surface area contributed by atoms with Crippen LogP contribution in [0.25, 0.3) is 0 Å². The maximum absolute atomic E-state index is 12.1. The quantitative estimate of drug-likeness (QED) is 0.692. The molecule has 3 nitrogen and oxygen atoms in total. The van der Waals surface area contributed by atoms with E-state index >= 15 is 0 Å². The molecule has 0 amide bonds. The monoisotopic (exact) mass is 169 g/mol. The van der Waals surface area contributed by atoms with Crippen molar-refractivity contribution in [2.24, 2.45) is 0 Å². The molecular weight excluding hydrogens is 164 g/mol. The molecule has 1 heterocycles. The van der Waals surface area contributed by atoms with Gasteiger partial charge >= 0.3 is 0 Å². The minimum atomic E-state index is -2.62. The summed E-state index contributed by atoms with van der Waals surface area (Å²) in [5.41, 5.74) is 4.81. The molecule has 0 aliphatic heterocycles. The van der Waals surface area contributed by atoms with Crippen LogP contribution in [0.5, 0.6) is 0 Å². The Morgan fingerprint density at radius 1 is 1.50 bits per heavy atom. The second-order valence-corrected chi connectivity index (χ2v) is 2.12. The lowest BCUT2D eigenvalue weighted by atomic mass is 10.2. The number of alkyl halides is 2. The minimum Gasteiger partial charge on any atom is -0.384 e. The summed E-state index contributed by atoms with van der Waals surface area (Å²) in [7, 11) is 0. The zero-order valence-electron chi connectivity index (χ0n) is 5.96. The van der Waals surface area contributed by atoms with Gasteiger partial charge in [0.1, 0.15) is 17.6 Å². The number of hydrogen-bond acceptors (Lipinski definition) is 3. The number of anilines is 1. The van der Waals surface area contributed by atoms with E-state index in [2.05, 4.69) is 4.98 Å². The Morgan fingerprint density at radius 2 is 2.17 bits per heavy atom. The van der Waals surface area contributed by atoms with Gasteiger partial charge in [0.15, 0.2) is 0 Å². The van der Waals surface area contributed by atoms with E-state index in [0.29, 0.717) is 0 Å². The van der Waals surface area contributed by atoms with E-state index in [-0.39, 0.29) is 17.1 Å². The zero-order chi connectivity index (χ0) is 9.14. The van der Waals surface area contributed by atoms with Gasteiger partial charge in [-0.15, -0.1) is 0 Å². The third kappa shape index (κ3) is 1.66. The lowest BCUT2D eigenvalue weighted by molar-refractivity contribution is 0.151. The summed E-state index contributed by atoms with van der Waals surface area (Å²) in [6.45, 7) is 0. The van der Waals surface area contributed by atoms with Crippen LogP contribution >= 0.6 is 0 Å². The summed E-state index contributed by atoms with van der Waals surface area (Å²) in [4.78, 5) is 3.52. The first-order chi connectivity index (χ1) is 5.63. The standard InChI is InChI=1S/C7H5F2N3/c8-7(9)4-1-5(3-10)12-6(11)2-4/h1-2,7H,(H2,11,12). The molecule has 0 aliphatic carbocycles. The summed E-state index contributed by atoms with van der Waals surface area (Å²) in [6.07, 6.45) is -2.62. The van der Waals surface area contributed by atoms with Crippen LogP contribution in [0.15, 0.2) is 12.1 Å². The van der Waals surface area contributed by atoms with Crippen molar-refractivity contribution in [3.8, 4) is 6.07 Å². The van der Waals surface area contributed by atoms with E-state index in [4.69, 9.17) is 11.0 Å². The van der Waals surface area contributed by atoms with Crippen molar-refractivity contribution in [2.75, 3.05) is 5.73 Å². The summed E-state index contributed by atoms with van der Waals surface area (Å²) >= 11 is 0. The summed E-state index contributed by atoms with van der Waals surface area (Å²) in [6, 6.07) is 3.70. The molecule has 12 heavy (non-hydrogen) atoms. The Hall–Kier alpha value is -1.70. The van der Waals surface area contributed by atoms with E-state index in [1.807, 2.05) is 0 Å². The van der Waals surface area contributed by atoms with Crippen LogP contribution in [-0.4, -0.2) is 4.98 Å². The van der Waals surface area contributed by atoms with Gasteiger partial charge in [-0.2, -0.15) is 5.26 Å². The molecule has 0 bridgehead atoms. The Kier molecular flexibility index (Phi) is 2.19. The lowest BCUT2D eigenvalue weighted by Gasteiger charge is -2.00. The maximum Gasteiger partial charge on any atom is 0.264 e. The fourth-order valence-electron chi connectivity index (χ4n) is 0.757. The maximum atomic E-state index is 12.1. The highest BCUT2D eigenvalue weighted by Crippen LogP contribution is 2.20. The molecule has 0 aliphatic rings. The predicted molar refractivity (Wildman–Crippen MR) is 38.3 cm³/mol. The van der Waals surface area contributed by atoms with Crippen molar-refractivity contribution in [2.45, 2.75) is 6.43 Å². The van der Waals surface area contributed by atoms with E-state index in [0.717, 1.165) is 12.1 Å². The Bertz CT molecular complexity index is 330. The normalized spacial score (nSPS) is 9.83. The molecule has 0 saturated carbocycles. The molecule has 1 aromatic rings. The van der Waals surface area contributed by atoms with E-state index in [1.165, 1.54) is 0 Å². The molecule has 0 atom stereocenters. The highest BCUT2D eigenvalue weighted by atomic mass is 19.3. The van der Waals surface area contributed by atoms with Crippen molar-refractivity contribution in [3.63, 3.8) is 0 Å². The van der Waals surface area contributed by atoms with E-state index in [1.54, 1.807) is 6.07 Å². The van der Waals surface area contributed by atoms with Gasteiger partial charge in [-0.05, 0) is 12.1 Å². The average Bonchev–Trinajstić information content (AvgIpc) is 2.03. The lowest BCUT2D eigenvalue weighted by Crippen LogP contribution is -1.96. The minimum absolute atomic E-state index is 0.0654. The highest BCUT2D eigenvalue weighted by Gasteiger charge is 2.09. The number of nitriles is 1. The zero-order valence-corrected chi connectivity index (χ0v) is 5.96. The first kappa shape index (κ1) is 8.40. The van der Waals surface area contributed by atoms with Gasteiger partial charge in [-0.1, -0.05) is 0 Å². The summed E-state index contributed by atoms with van der Waals surface area (Å²) < 4.78 is 24.1. The van der Waals surface area contributed by atoms with Gasteiger partial charge in [0.25, 0.3) is 6.43 Å². The molecule has 0 fully saturated rings. The number of aromatic nitrogens is 1. The molecule has 1 rings (SSSR count). The third-order valence-corrected chi connectivity index (χ3v) is 1.23. The number of rotatable bonds is 1. The van der Waals surface area contributed by atoms with Gasteiger partial charge in [-0.25, -0.2) is 13.8 Å². The number of pyridine rings is 1. The number of nitrogens with zero attached hydrogens (tertiary/aromatic N) is 2. The van der Waals surface area contributed by atoms with E-state index < -0.39 is 6.43 Å². The molecule has 0 aromatic carbocycles. The van der Waals surface area contributed by atoms with Gasteiger partial charge < -0.3 is 5.73 Å². The van der Waals surface area contributed by atoms with Gasteiger partial charge in [0.2, 0.25) is 0 Å². The molecule has 0 saturated heterocycles. The van der Waals surface area contributed by atoms with Crippen LogP contribution in [0.4, 0.5) is 14.6 Å². The first-order valence-corrected chi connectivity index (χ1v) is 3.09. The number of hydrogen-bond donors (Lipinski definition) is 1. The second kappa shape index (κ2) is 3.13. The van der Waals surface area contributed by atoms with Crippen LogP contribution in [0.2, 0.25) is 0 Å². The summed E-state index contributed by atoms with van der Waals surface area (Å²) in [5, 5.41) is 8.36. The first-order valence-electron chi connectivity index (χ1n) is 3.09. The number of nitrogen functional groups attached to an aromatic ring is 1. The van der Waals surface area contributed by atoms with Crippen molar-refractivity contribution in [1.29, 1.82) is 5.26 Å². The molecule has 5 heteroatoms. The highest BCUT2D eigenvalue weighted by molar-refractivity contribution is 5.39. The van der Waals surface area contributed by atoms with Gasteiger partial charge in [0.05, 0.1) is 0 Å². The van der Waals surface area contributed by atoms with Crippen molar-refractivity contribution >= 4 is 5.82 Å². The Morgan fingerprint density at radius 3 is 2.67 bits per heavy atom. The number of nitrogens with two attached hydrogens (primary N) is 1. The molecule has 0 radical (unpaired) electrons. The predicted octanol–water partition coefficient (Wildman–Crippen LogP) is 1.47. The fourth-order valence-corrected chi connectivity index (χ4v) is 0.757. The van der Waals surface area contributed by atoms with Crippen LogP contribution in [-0.2, 0) is 0 Å². The molecule has 0 spiro atoms. The van der Waals surface area contributed by atoms with E-state index in [9.17, 15) is 8.78 Å². The fraction of sp³-hybridized carbons (Fsp3) is 0.143. The van der Waals surface area contributed by atoms with Crippen molar-refractivity contribution in [1.82, 2.24) is 4.98 Å². The third-order valence-electron chi connectivity index (χ3n) is 1.23. The largest absolute Gasteiger partial charge is 0.384 e. The Balaban J connectivity index is 3.17. The molecule has 1 aromatic heterocycles. The van der Waals surface area contributed by atoms with Crippen molar-refractivity contribution < 1.29 is 8.78 Å². The smallest absolute Gasteiger partial charge is 0.264 e. The van der Waals surface area contributed by atoms with Crippen LogP contribution in [0.3, 0.4) is 0 Å². The molecular formula is C7H5F2N3. The topological polar surface area (TPSA) is 62.7 Å². The molecule has 2 N–H and O–H groups in total. The average molecular weight is 169 g/mol. The molecule has 0 unspecified atom stereocenters.